The molecule has 3 aromatic carbocycles. The largest absolute Gasteiger partial charge is 0.454 e. The molecule has 0 atom stereocenters. The molecule has 0 radical (unpaired) electrons. The van der Waals surface area contributed by atoms with Gasteiger partial charge in [-0.15, -0.1) is 0 Å². The number of benzene rings is 3. The first-order valence-corrected chi connectivity index (χ1v) is 11.6. The van der Waals surface area contributed by atoms with Crippen molar-refractivity contribution in [2.45, 2.75) is 11.3 Å². The Morgan fingerprint density at radius 2 is 1.64 bits per heavy atom. The lowest BCUT2D eigenvalue weighted by atomic mass is 10.1. The van der Waals surface area contributed by atoms with Crippen molar-refractivity contribution in [3.63, 3.8) is 0 Å². The molecule has 0 spiro atoms. The zero-order valence-electron chi connectivity index (χ0n) is 17.2. The monoisotopic (exact) mass is 470 g/mol. The van der Waals surface area contributed by atoms with E-state index in [1.807, 2.05) is 0 Å². The molecule has 8 nitrogen and oxygen atoms in total. The molecule has 1 heterocycles. The predicted molar refractivity (Wildman–Crippen MR) is 119 cm³/mol. The van der Waals surface area contributed by atoms with E-state index < -0.39 is 33.2 Å². The fourth-order valence-corrected chi connectivity index (χ4v) is 4.40. The zero-order valence-corrected chi connectivity index (χ0v) is 18.0. The third-order valence-electron chi connectivity index (χ3n) is 4.85. The van der Waals surface area contributed by atoms with Crippen molar-refractivity contribution in [2.24, 2.45) is 0 Å². The lowest BCUT2D eigenvalue weighted by molar-refractivity contribution is -0.115. The van der Waals surface area contributed by atoms with Crippen LogP contribution in [0.1, 0.15) is 16.8 Å². The van der Waals surface area contributed by atoms with Gasteiger partial charge in [0.05, 0.1) is 21.9 Å². The Bertz CT molecular complexity index is 1310. The van der Waals surface area contributed by atoms with Gasteiger partial charge in [-0.25, -0.2) is 12.8 Å². The minimum absolute atomic E-state index is 0.0693. The minimum Gasteiger partial charge on any atom is -0.454 e. The highest BCUT2D eigenvalue weighted by Gasteiger charge is 2.19. The van der Waals surface area contributed by atoms with E-state index in [1.54, 1.807) is 36.4 Å². The lowest BCUT2D eigenvalue weighted by Gasteiger charge is -2.12. The first-order valence-electron chi connectivity index (χ1n) is 9.90. The summed E-state index contributed by atoms with van der Waals surface area (Å²) in [5.74, 6) is -0.973. The highest BCUT2D eigenvalue weighted by atomic mass is 32.2. The number of para-hydroxylation sites is 1. The first-order chi connectivity index (χ1) is 15.8. The lowest BCUT2D eigenvalue weighted by Crippen LogP contribution is -2.20. The van der Waals surface area contributed by atoms with Crippen molar-refractivity contribution in [1.29, 1.82) is 0 Å². The number of rotatable bonds is 7. The summed E-state index contributed by atoms with van der Waals surface area (Å²) in [5, 5.41) is 5.31. The number of anilines is 2. The topological polar surface area (TPSA) is 111 Å². The van der Waals surface area contributed by atoms with Gasteiger partial charge >= 0.3 is 0 Å². The third kappa shape index (κ3) is 5.29. The maximum atomic E-state index is 13.0. The van der Waals surface area contributed by atoms with Crippen LogP contribution < -0.4 is 20.1 Å². The van der Waals surface area contributed by atoms with E-state index in [9.17, 15) is 22.4 Å². The molecule has 3 aromatic rings. The van der Waals surface area contributed by atoms with Crippen LogP contribution in [0.5, 0.6) is 11.5 Å². The molecule has 170 valence electrons. The molecule has 2 amide bonds. The number of carbonyl (C=O) groups is 2. The number of amides is 2. The Hall–Kier alpha value is -3.92. The molecule has 0 fully saturated rings. The molecule has 0 saturated heterocycles. The van der Waals surface area contributed by atoms with E-state index in [2.05, 4.69) is 10.6 Å². The van der Waals surface area contributed by atoms with E-state index >= 15 is 0 Å². The standard InChI is InChI=1S/C23H19FN2O6S/c24-15-5-8-17(9-6-15)33(29,30)12-11-22(27)26-19-4-2-1-3-18(19)23(28)25-16-7-10-20-21(13-16)32-14-31-20/h1-10,13H,11-12,14H2,(H,25,28)(H,26,27). The molecule has 0 aliphatic carbocycles. The smallest absolute Gasteiger partial charge is 0.257 e. The second kappa shape index (κ2) is 9.29. The van der Waals surface area contributed by atoms with E-state index in [4.69, 9.17) is 9.47 Å². The van der Waals surface area contributed by atoms with Crippen LogP contribution in [0.3, 0.4) is 0 Å². The van der Waals surface area contributed by atoms with Crippen LogP contribution in [-0.4, -0.2) is 32.8 Å². The van der Waals surface area contributed by atoms with Crippen molar-refractivity contribution in [3.8, 4) is 11.5 Å². The molecule has 0 aromatic heterocycles. The van der Waals surface area contributed by atoms with Gasteiger partial charge in [-0.2, -0.15) is 0 Å². The van der Waals surface area contributed by atoms with Gasteiger partial charge in [0, 0.05) is 18.2 Å². The van der Waals surface area contributed by atoms with Gasteiger partial charge in [-0.1, -0.05) is 12.1 Å². The fraction of sp³-hybridized carbons (Fsp3) is 0.130. The maximum Gasteiger partial charge on any atom is 0.257 e. The molecule has 10 heteroatoms. The molecule has 0 bridgehead atoms. The molecular weight excluding hydrogens is 451 g/mol. The summed E-state index contributed by atoms with van der Waals surface area (Å²) in [6.07, 6.45) is -0.335. The number of nitrogens with one attached hydrogen (secondary N) is 2. The highest BCUT2D eigenvalue weighted by molar-refractivity contribution is 7.91. The summed E-state index contributed by atoms with van der Waals surface area (Å²) < 4.78 is 48.3. The van der Waals surface area contributed by atoms with Crippen LogP contribution in [0.25, 0.3) is 0 Å². The van der Waals surface area contributed by atoms with Crippen molar-refractivity contribution in [2.75, 3.05) is 23.2 Å². The summed E-state index contributed by atoms with van der Waals surface area (Å²) in [6, 6.07) is 15.7. The fourth-order valence-electron chi connectivity index (χ4n) is 3.16. The van der Waals surface area contributed by atoms with Crippen LogP contribution in [0.15, 0.2) is 71.6 Å². The number of halogens is 1. The quantitative estimate of drug-likeness (QED) is 0.511. The van der Waals surface area contributed by atoms with E-state index in [-0.39, 0.29) is 29.4 Å². The van der Waals surface area contributed by atoms with Gasteiger partial charge in [0.25, 0.3) is 5.91 Å². The van der Waals surface area contributed by atoms with Gasteiger partial charge in [0.1, 0.15) is 5.82 Å². The second-order valence-electron chi connectivity index (χ2n) is 7.14. The van der Waals surface area contributed by atoms with Crippen LogP contribution in [-0.2, 0) is 14.6 Å². The van der Waals surface area contributed by atoms with E-state index in [0.29, 0.717) is 17.2 Å². The van der Waals surface area contributed by atoms with Crippen molar-refractivity contribution in [3.05, 3.63) is 78.1 Å². The Kier molecular flexibility index (Phi) is 6.27. The highest BCUT2D eigenvalue weighted by Crippen LogP contribution is 2.34. The molecule has 1 aliphatic rings. The summed E-state index contributed by atoms with van der Waals surface area (Å²) >= 11 is 0. The van der Waals surface area contributed by atoms with Crippen LogP contribution in [0.2, 0.25) is 0 Å². The van der Waals surface area contributed by atoms with Crippen LogP contribution in [0.4, 0.5) is 15.8 Å². The van der Waals surface area contributed by atoms with Crippen LogP contribution in [0, 0.1) is 5.82 Å². The number of carbonyl (C=O) groups excluding carboxylic acids is 2. The molecular formula is C23H19FN2O6S. The first kappa shape index (κ1) is 22.3. The van der Waals surface area contributed by atoms with E-state index in [0.717, 1.165) is 24.3 Å². The van der Waals surface area contributed by atoms with Gasteiger partial charge in [0.2, 0.25) is 12.7 Å². The molecule has 0 saturated carbocycles. The number of hydrogen-bond donors (Lipinski definition) is 2. The van der Waals surface area contributed by atoms with Gasteiger partial charge in [-0.3, -0.25) is 9.59 Å². The Morgan fingerprint density at radius 1 is 0.909 bits per heavy atom. The number of hydrogen-bond acceptors (Lipinski definition) is 6. The normalized spacial score (nSPS) is 12.3. The van der Waals surface area contributed by atoms with Gasteiger partial charge in [-0.05, 0) is 48.5 Å². The minimum atomic E-state index is -3.77. The zero-order chi connectivity index (χ0) is 23.4. The van der Waals surface area contributed by atoms with Crippen molar-refractivity contribution >= 4 is 33.0 Å². The summed E-state index contributed by atoms with van der Waals surface area (Å²) in [6.45, 7) is 0.110. The number of ether oxygens (including phenoxy) is 2. The number of fused-ring (bicyclic) bond motifs is 1. The summed E-state index contributed by atoms with van der Waals surface area (Å²) in [5.41, 5.74) is 0.917. The van der Waals surface area contributed by atoms with Crippen molar-refractivity contribution < 1.29 is 31.9 Å². The van der Waals surface area contributed by atoms with Gasteiger partial charge in [0.15, 0.2) is 21.3 Å². The van der Waals surface area contributed by atoms with Crippen LogP contribution >= 0.6 is 0 Å². The Morgan fingerprint density at radius 3 is 2.42 bits per heavy atom. The number of sulfone groups is 1. The van der Waals surface area contributed by atoms with E-state index in [1.165, 1.54) is 6.07 Å². The maximum absolute atomic E-state index is 13.0. The van der Waals surface area contributed by atoms with Gasteiger partial charge < -0.3 is 20.1 Å². The van der Waals surface area contributed by atoms with Crippen molar-refractivity contribution in [1.82, 2.24) is 0 Å². The second-order valence-corrected chi connectivity index (χ2v) is 9.25. The molecule has 2 N–H and O–H groups in total. The average molecular weight is 470 g/mol. The Labute approximate surface area is 189 Å². The predicted octanol–water partition coefficient (Wildman–Crippen LogP) is 3.61. The summed E-state index contributed by atoms with van der Waals surface area (Å²) in [4.78, 5) is 25.1. The molecule has 1 aliphatic heterocycles. The SMILES string of the molecule is O=C(CCS(=O)(=O)c1ccc(F)cc1)Nc1ccccc1C(=O)Nc1ccc2c(c1)OCO2. The molecule has 33 heavy (non-hydrogen) atoms. The third-order valence-corrected chi connectivity index (χ3v) is 6.58. The average Bonchev–Trinajstić information content (AvgIpc) is 3.26. The molecule has 0 unspecified atom stereocenters. The summed E-state index contributed by atoms with van der Waals surface area (Å²) in [7, 11) is -3.77. The molecule has 4 rings (SSSR count). The Balaban J connectivity index is 1.41.